The number of rotatable bonds is 7. The molecule has 0 bridgehead atoms. The van der Waals surface area contributed by atoms with Crippen molar-refractivity contribution in [3.63, 3.8) is 0 Å². The molecule has 0 spiro atoms. The lowest BCUT2D eigenvalue weighted by Gasteiger charge is -2.11. The van der Waals surface area contributed by atoms with Crippen LogP contribution in [0.4, 0.5) is 11.5 Å². The Morgan fingerprint density at radius 3 is 2.61 bits per heavy atom. The van der Waals surface area contributed by atoms with Crippen LogP contribution in [0.3, 0.4) is 0 Å². The van der Waals surface area contributed by atoms with Gasteiger partial charge in [0.2, 0.25) is 0 Å². The summed E-state index contributed by atoms with van der Waals surface area (Å²) in [5, 5.41) is 6.21. The van der Waals surface area contributed by atoms with Crippen LogP contribution >= 0.6 is 0 Å². The average molecular weight is 375 g/mol. The molecule has 2 aromatic carbocycles. The highest BCUT2D eigenvalue weighted by atomic mass is 16.5. The van der Waals surface area contributed by atoms with Gasteiger partial charge in [-0.25, -0.2) is 4.98 Å². The Hall–Kier alpha value is -3.34. The summed E-state index contributed by atoms with van der Waals surface area (Å²) >= 11 is 0. The second kappa shape index (κ2) is 9.04. The first-order chi connectivity index (χ1) is 13.6. The number of aryl methyl sites for hydroxylation is 2. The maximum Gasteiger partial charge on any atom is 0.257 e. The van der Waals surface area contributed by atoms with E-state index in [1.54, 1.807) is 19.4 Å². The molecular formula is C23H25N3O2. The van der Waals surface area contributed by atoms with E-state index in [-0.39, 0.29) is 5.91 Å². The van der Waals surface area contributed by atoms with Crippen molar-refractivity contribution in [2.24, 2.45) is 0 Å². The van der Waals surface area contributed by atoms with Crippen molar-refractivity contribution in [3.05, 3.63) is 83.0 Å². The highest BCUT2D eigenvalue weighted by molar-refractivity contribution is 6.04. The van der Waals surface area contributed by atoms with Gasteiger partial charge in [-0.2, -0.15) is 0 Å². The Morgan fingerprint density at radius 1 is 1.07 bits per heavy atom. The molecule has 2 N–H and O–H groups in total. The van der Waals surface area contributed by atoms with Crippen molar-refractivity contribution in [2.45, 2.75) is 20.3 Å². The lowest BCUT2D eigenvalue weighted by Crippen LogP contribution is -2.14. The number of pyridine rings is 1. The smallest absolute Gasteiger partial charge is 0.257 e. The number of benzene rings is 2. The molecular weight excluding hydrogens is 350 g/mol. The molecule has 5 heteroatoms. The van der Waals surface area contributed by atoms with Crippen LogP contribution in [0.1, 0.15) is 27.0 Å². The Balaban J connectivity index is 1.56. The fourth-order valence-corrected chi connectivity index (χ4v) is 3.02. The fraction of sp³-hybridized carbons (Fsp3) is 0.217. The Bertz CT molecular complexity index is 952. The number of methoxy groups -OCH3 is 1. The minimum atomic E-state index is -0.167. The Labute approximate surface area is 165 Å². The lowest BCUT2D eigenvalue weighted by molar-refractivity contribution is 0.102. The third-order valence-corrected chi connectivity index (χ3v) is 4.55. The molecule has 0 unspecified atom stereocenters. The molecule has 0 saturated heterocycles. The highest BCUT2D eigenvalue weighted by Crippen LogP contribution is 2.19. The van der Waals surface area contributed by atoms with Gasteiger partial charge in [-0.1, -0.05) is 35.9 Å². The van der Waals surface area contributed by atoms with Crippen molar-refractivity contribution < 1.29 is 9.53 Å². The molecule has 0 radical (unpaired) electrons. The van der Waals surface area contributed by atoms with E-state index < -0.39 is 0 Å². The van der Waals surface area contributed by atoms with Crippen LogP contribution in [-0.4, -0.2) is 24.5 Å². The maximum atomic E-state index is 12.4. The van der Waals surface area contributed by atoms with Crippen LogP contribution in [0.5, 0.6) is 5.75 Å². The molecule has 28 heavy (non-hydrogen) atoms. The molecule has 1 amide bonds. The summed E-state index contributed by atoms with van der Waals surface area (Å²) in [4.78, 5) is 16.8. The summed E-state index contributed by atoms with van der Waals surface area (Å²) in [6.07, 6.45) is 2.41. The molecule has 144 valence electrons. The van der Waals surface area contributed by atoms with E-state index >= 15 is 0 Å². The van der Waals surface area contributed by atoms with E-state index in [0.29, 0.717) is 5.56 Å². The molecule has 0 aliphatic rings. The fourth-order valence-electron chi connectivity index (χ4n) is 3.02. The van der Waals surface area contributed by atoms with Crippen LogP contribution in [-0.2, 0) is 6.42 Å². The standard InChI is InChI=1S/C23H25N3O2/c1-16-8-10-20(17(2)14-16)26-23(27)19-9-11-22(25-15-19)24-13-12-18-6-4-5-7-21(18)28-3/h4-11,14-15H,12-13H2,1-3H3,(H,24,25)(H,26,27). The number of para-hydroxylation sites is 1. The number of amides is 1. The average Bonchev–Trinajstić information content (AvgIpc) is 2.71. The lowest BCUT2D eigenvalue weighted by atomic mass is 10.1. The quantitative estimate of drug-likeness (QED) is 0.633. The second-order valence-electron chi connectivity index (χ2n) is 6.69. The van der Waals surface area contributed by atoms with Gasteiger partial charge in [0.05, 0.1) is 12.7 Å². The largest absolute Gasteiger partial charge is 0.496 e. The first-order valence-corrected chi connectivity index (χ1v) is 9.27. The molecule has 5 nitrogen and oxygen atoms in total. The number of hydrogen-bond acceptors (Lipinski definition) is 4. The molecule has 0 fully saturated rings. The van der Waals surface area contributed by atoms with Crippen LogP contribution in [0, 0.1) is 13.8 Å². The number of carbonyl (C=O) groups excluding carboxylic acids is 1. The van der Waals surface area contributed by atoms with Crippen molar-refractivity contribution in [1.82, 2.24) is 4.98 Å². The monoisotopic (exact) mass is 375 g/mol. The number of nitrogens with one attached hydrogen (secondary N) is 2. The normalized spacial score (nSPS) is 10.4. The summed E-state index contributed by atoms with van der Waals surface area (Å²) < 4.78 is 5.37. The first kappa shape index (κ1) is 19.4. The van der Waals surface area contributed by atoms with Gasteiger partial charge < -0.3 is 15.4 Å². The zero-order chi connectivity index (χ0) is 19.9. The van der Waals surface area contributed by atoms with E-state index in [2.05, 4.69) is 21.7 Å². The van der Waals surface area contributed by atoms with Crippen LogP contribution in [0.15, 0.2) is 60.8 Å². The second-order valence-corrected chi connectivity index (χ2v) is 6.69. The van der Waals surface area contributed by atoms with E-state index in [0.717, 1.165) is 41.3 Å². The molecule has 3 aromatic rings. The number of aromatic nitrogens is 1. The molecule has 1 aromatic heterocycles. The topological polar surface area (TPSA) is 63.2 Å². The van der Waals surface area contributed by atoms with E-state index in [1.807, 2.05) is 56.3 Å². The van der Waals surface area contributed by atoms with Crippen molar-refractivity contribution in [2.75, 3.05) is 24.3 Å². The number of hydrogen-bond donors (Lipinski definition) is 2. The molecule has 1 heterocycles. The van der Waals surface area contributed by atoms with Gasteiger partial charge >= 0.3 is 0 Å². The van der Waals surface area contributed by atoms with Gasteiger partial charge in [0.25, 0.3) is 5.91 Å². The minimum Gasteiger partial charge on any atom is -0.496 e. The van der Waals surface area contributed by atoms with Crippen LogP contribution in [0.2, 0.25) is 0 Å². The van der Waals surface area contributed by atoms with E-state index in [9.17, 15) is 4.79 Å². The predicted molar refractivity (Wildman–Crippen MR) is 113 cm³/mol. The van der Waals surface area contributed by atoms with Gasteiger partial charge in [0.15, 0.2) is 0 Å². The third-order valence-electron chi connectivity index (χ3n) is 4.55. The maximum absolute atomic E-state index is 12.4. The van der Waals surface area contributed by atoms with Gasteiger partial charge in [-0.15, -0.1) is 0 Å². The van der Waals surface area contributed by atoms with Gasteiger partial charge in [0, 0.05) is 18.4 Å². The SMILES string of the molecule is COc1ccccc1CCNc1ccc(C(=O)Nc2ccc(C)cc2C)cn1. The molecule has 0 atom stereocenters. The van der Waals surface area contributed by atoms with Crippen molar-refractivity contribution in [1.29, 1.82) is 0 Å². The van der Waals surface area contributed by atoms with Crippen molar-refractivity contribution in [3.8, 4) is 5.75 Å². The summed E-state index contributed by atoms with van der Waals surface area (Å²) in [5.41, 5.74) is 4.68. The van der Waals surface area contributed by atoms with Gasteiger partial charge in [0.1, 0.15) is 11.6 Å². The zero-order valence-corrected chi connectivity index (χ0v) is 16.5. The number of carbonyl (C=O) groups is 1. The Kier molecular flexibility index (Phi) is 6.27. The summed E-state index contributed by atoms with van der Waals surface area (Å²) in [6.45, 7) is 4.74. The molecule has 0 aliphatic heterocycles. The summed E-state index contributed by atoms with van der Waals surface area (Å²) in [6, 6.07) is 17.5. The van der Waals surface area contributed by atoms with E-state index in [1.165, 1.54) is 5.56 Å². The van der Waals surface area contributed by atoms with Gasteiger partial charge in [-0.3, -0.25) is 4.79 Å². The number of nitrogens with zero attached hydrogens (tertiary/aromatic N) is 1. The minimum absolute atomic E-state index is 0.167. The number of ether oxygens (including phenoxy) is 1. The molecule has 0 saturated carbocycles. The highest BCUT2D eigenvalue weighted by Gasteiger charge is 2.09. The third kappa shape index (κ3) is 4.88. The van der Waals surface area contributed by atoms with Crippen LogP contribution < -0.4 is 15.4 Å². The molecule has 3 rings (SSSR count). The molecule has 0 aliphatic carbocycles. The van der Waals surface area contributed by atoms with Gasteiger partial charge in [-0.05, 0) is 55.7 Å². The summed E-state index contributed by atoms with van der Waals surface area (Å²) in [7, 11) is 1.68. The summed E-state index contributed by atoms with van der Waals surface area (Å²) in [5.74, 6) is 1.45. The van der Waals surface area contributed by atoms with Crippen molar-refractivity contribution >= 4 is 17.4 Å². The number of anilines is 2. The Morgan fingerprint density at radius 2 is 1.89 bits per heavy atom. The van der Waals surface area contributed by atoms with Crippen LogP contribution in [0.25, 0.3) is 0 Å². The zero-order valence-electron chi connectivity index (χ0n) is 16.5. The van der Waals surface area contributed by atoms with E-state index in [4.69, 9.17) is 4.74 Å². The first-order valence-electron chi connectivity index (χ1n) is 9.27. The predicted octanol–water partition coefficient (Wildman–Crippen LogP) is 4.61.